The molecule has 2 nitrogen and oxygen atoms in total. The summed E-state index contributed by atoms with van der Waals surface area (Å²) in [6.07, 6.45) is 11.5. The molecule has 0 amide bonds. The molecule has 0 aliphatic heterocycles. The Morgan fingerprint density at radius 2 is 1.52 bits per heavy atom. The van der Waals surface area contributed by atoms with Crippen LogP contribution in [0.3, 0.4) is 0 Å². The summed E-state index contributed by atoms with van der Waals surface area (Å²) in [7, 11) is 4.09. The van der Waals surface area contributed by atoms with Gasteiger partial charge in [0.2, 0.25) is 0 Å². The first-order valence-electron chi connectivity index (χ1n) is 9.04. The number of anilines is 1. The van der Waals surface area contributed by atoms with Crippen LogP contribution in [0.2, 0.25) is 0 Å². The van der Waals surface area contributed by atoms with Crippen LogP contribution in [0, 0.1) is 23.2 Å². The van der Waals surface area contributed by atoms with E-state index in [2.05, 4.69) is 29.2 Å². The number of hydrogen-bond acceptors (Lipinski definition) is 2. The van der Waals surface area contributed by atoms with Gasteiger partial charge in [0.1, 0.15) is 0 Å². The standard InChI is InChI=1S/C21H27NO/c1-22(2)19-6-3-15(4-7-19)5-8-20(23)21-12-16-9-17(13-21)11-18(10-16)14-21/h3-8,16-18H,9-14H2,1-2H3/b8-5-. The lowest BCUT2D eigenvalue weighted by molar-refractivity contribution is -0.138. The first-order valence-corrected chi connectivity index (χ1v) is 9.04. The van der Waals surface area contributed by atoms with E-state index in [1.54, 1.807) is 0 Å². The van der Waals surface area contributed by atoms with Gasteiger partial charge in [0.15, 0.2) is 5.78 Å². The lowest BCUT2D eigenvalue weighted by atomic mass is 9.48. The summed E-state index contributed by atoms with van der Waals surface area (Å²) in [4.78, 5) is 15.0. The Labute approximate surface area is 139 Å². The van der Waals surface area contributed by atoms with Crippen LogP contribution in [0.15, 0.2) is 30.3 Å². The summed E-state index contributed by atoms with van der Waals surface area (Å²) in [5.74, 6) is 2.89. The van der Waals surface area contributed by atoms with E-state index < -0.39 is 0 Å². The molecule has 0 radical (unpaired) electrons. The van der Waals surface area contributed by atoms with E-state index in [-0.39, 0.29) is 5.41 Å². The summed E-state index contributed by atoms with van der Waals surface area (Å²) in [6, 6.07) is 8.40. The minimum Gasteiger partial charge on any atom is -0.378 e. The van der Waals surface area contributed by atoms with E-state index in [1.165, 1.54) is 24.9 Å². The van der Waals surface area contributed by atoms with Crippen LogP contribution in [-0.2, 0) is 4.79 Å². The Morgan fingerprint density at radius 3 is 2.00 bits per heavy atom. The van der Waals surface area contributed by atoms with Crippen molar-refractivity contribution < 1.29 is 4.79 Å². The van der Waals surface area contributed by atoms with Crippen LogP contribution in [0.25, 0.3) is 6.08 Å². The second-order valence-corrected chi connectivity index (χ2v) is 8.38. The number of carbonyl (C=O) groups excluding carboxylic acids is 1. The summed E-state index contributed by atoms with van der Waals surface area (Å²) in [6.45, 7) is 0. The zero-order chi connectivity index (χ0) is 16.0. The maximum atomic E-state index is 13.0. The van der Waals surface area contributed by atoms with Crippen LogP contribution in [0.1, 0.15) is 44.1 Å². The number of ketones is 1. The zero-order valence-corrected chi connectivity index (χ0v) is 14.3. The number of benzene rings is 1. The largest absolute Gasteiger partial charge is 0.378 e. The quantitative estimate of drug-likeness (QED) is 0.760. The molecule has 4 bridgehead atoms. The van der Waals surface area contributed by atoms with Crippen molar-refractivity contribution in [2.75, 3.05) is 19.0 Å². The van der Waals surface area contributed by atoms with Crippen LogP contribution >= 0.6 is 0 Å². The molecular formula is C21H27NO. The molecule has 122 valence electrons. The monoisotopic (exact) mass is 309 g/mol. The molecule has 5 rings (SSSR count). The second kappa shape index (κ2) is 5.51. The first-order chi connectivity index (χ1) is 11.0. The lowest BCUT2D eigenvalue weighted by Gasteiger charge is -2.55. The van der Waals surface area contributed by atoms with Gasteiger partial charge in [-0.25, -0.2) is 0 Å². The molecular weight excluding hydrogens is 282 g/mol. The van der Waals surface area contributed by atoms with Crippen LogP contribution in [0.4, 0.5) is 5.69 Å². The Hall–Kier alpha value is -1.57. The van der Waals surface area contributed by atoms with Crippen molar-refractivity contribution in [2.24, 2.45) is 23.2 Å². The molecule has 4 fully saturated rings. The maximum absolute atomic E-state index is 13.0. The van der Waals surface area contributed by atoms with Gasteiger partial charge in [-0.3, -0.25) is 4.79 Å². The third kappa shape index (κ3) is 2.73. The minimum atomic E-state index is -0.00513. The summed E-state index contributed by atoms with van der Waals surface area (Å²) >= 11 is 0. The minimum absolute atomic E-state index is 0.00513. The molecule has 0 heterocycles. The molecule has 4 aliphatic carbocycles. The van der Waals surface area contributed by atoms with Crippen molar-refractivity contribution in [2.45, 2.75) is 38.5 Å². The van der Waals surface area contributed by atoms with Gasteiger partial charge in [-0.05, 0) is 80.1 Å². The molecule has 0 aromatic heterocycles. The topological polar surface area (TPSA) is 20.3 Å². The van der Waals surface area contributed by atoms with E-state index in [4.69, 9.17) is 0 Å². The highest BCUT2D eigenvalue weighted by Crippen LogP contribution is 2.60. The molecule has 2 heteroatoms. The first kappa shape index (κ1) is 15.0. The smallest absolute Gasteiger partial charge is 0.161 e. The molecule has 23 heavy (non-hydrogen) atoms. The lowest BCUT2D eigenvalue weighted by Crippen LogP contribution is -2.49. The van der Waals surface area contributed by atoms with Gasteiger partial charge < -0.3 is 4.90 Å². The normalized spacial score (nSPS) is 35.0. The molecule has 0 N–H and O–H groups in total. The van der Waals surface area contributed by atoms with Crippen molar-refractivity contribution in [1.29, 1.82) is 0 Å². The van der Waals surface area contributed by atoms with Gasteiger partial charge in [-0.1, -0.05) is 18.2 Å². The Kier molecular flexibility index (Phi) is 3.59. The van der Waals surface area contributed by atoms with Crippen molar-refractivity contribution in [3.63, 3.8) is 0 Å². The van der Waals surface area contributed by atoms with Crippen molar-refractivity contribution in [1.82, 2.24) is 0 Å². The fourth-order valence-electron chi connectivity index (χ4n) is 5.64. The molecule has 1 aromatic carbocycles. The number of rotatable bonds is 4. The Bertz CT molecular complexity index is 590. The van der Waals surface area contributed by atoms with Gasteiger partial charge in [0.05, 0.1) is 0 Å². The van der Waals surface area contributed by atoms with E-state index >= 15 is 0 Å². The fraction of sp³-hybridized carbons (Fsp3) is 0.571. The Morgan fingerprint density at radius 1 is 1.00 bits per heavy atom. The zero-order valence-electron chi connectivity index (χ0n) is 14.3. The summed E-state index contributed by atoms with van der Waals surface area (Å²) in [5, 5.41) is 0. The average molecular weight is 309 g/mol. The predicted molar refractivity (Wildman–Crippen MR) is 95.4 cm³/mol. The van der Waals surface area contributed by atoms with Crippen molar-refractivity contribution >= 4 is 17.5 Å². The van der Waals surface area contributed by atoms with Crippen LogP contribution in [0.5, 0.6) is 0 Å². The highest BCUT2D eigenvalue weighted by Gasteiger charge is 2.53. The summed E-state index contributed by atoms with van der Waals surface area (Å²) in [5.41, 5.74) is 2.30. The van der Waals surface area contributed by atoms with Crippen LogP contribution in [-0.4, -0.2) is 19.9 Å². The van der Waals surface area contributed by atoms with Gasteiger partial charge >= 0.3 is 0 Å². The van der Waals surface area contributed by atoms with E-state index in [0.29, 0.717) is 5.78 Å². The number of carbonyl (C=O) groups is 1. The van der Waals surface area contributed by atoms with Gasteiger partial charge in [-0.2, -0.15) is 0 Å². The van der Waals surface area contributed by atoms with Gasteiger partial charge in [-0.15, -0.1) is 0 Å². The second-order valence-electron chi connectivity index (χ2n) is 8.38. The molecule has 0 atom stereocenters. The third-order valence-corrected chi connectivity index (χ3v) is 6.40. The van der Waals surface area contributed by atoms with Crippen LogP contribution < -0.4 is 4.90 Å². The third-order valence-electron chi connectivity index (χ3n) is 6.40. The fourth-order valence-corrected chi connectivity index (χ4v) is 5.64. The number of hydrogen-bond donors (Lipinski definition) is 0. The Balaban J connectivity index is 1.49. The number of allylic oxidation sites excluding steroid dienone is 1. The molecule has 0 saturated heterocycles. The average Bonchev–Trinajstić information content (AvgIpc) is 2.51. The van der Waals surface area contributed by atoms with Gasteiger partial charge in [0.25, 0.3) is 0 Å². The molecule has 0 spiro atoms. The predicted octanol–water partition coefficient (Wildman–Crippen LogP) is 4.55. The highest BCUT2D eigenvalue weighted by molar-refractivity contribution is 5.98. The summed E-state index contributed by atoms with van der Waals surface area (Å²) < 4.78 is 0. The molecule has 0 unspecified atom stereocenters. The maximum Gasteiger partial charge on any atom is 0.161 e. The van der Waals surface area contributed by atoms with Crippen molar-refractivity contribution in [3.8, 4) is 0 Å². The van der Waals surface area contributed by atoms with E-state index in [9.17, 15) is 4.79 Å². The SMILES string of the molecule is CN(C)c1ccc(/C=C\C(=O)C23CC4CC(CC(C4)C2)C3)cc1. The van der Waals surface area contributed by atoms with Gasteiger partial charge in [0, 0.05) is 25.2 Å². The highest BCUT2D eigenvalue weighted by atomic mass is 16.1. The molecule has 4 aliphatic rings. The molecule has 1 aromatic rings. The molecule has 4 saturated carbocycles. The van der Waals surface area contributed by atoms with E-state index in [0.717, 1.165) is 42.6 Å². The number of nitrogens with zero attached hydrogens (tertiary/aromatic N) is 1. The van der Waals surface area contributed by atoms with Crippen molar-refractivity contribution in [3.05, 3.63) is 35.9 Å². The van der Waals surface area contributed by atoms with E-state index in [1.807, 2.05) is 26.2 Å².